The van der Waals surface area contributed by atoms with E-state index in [4.69, 9.17) is 9.84 Å². The van der Waals surface area contributed by atoms with E-state index in [1.54, 1.807) is 17.9 Å². The molecular weight excluding hydrogens is 248 g/mol. The van der Waals surface area contributed by atoms with Crippen LogP contribution in [0, 0.1) is 0 Å². The number of hydrogen-bond acceptors (Lipinski definition) is 5. The van der Waals surface area contributed by atoms with Gasteiger partial charge in [0.1, 0.15) is 5.82 Å². The van der Waals surface area contributed by atoms with Crippen molar-refractivity contribution in [1.29, 1.82) is 0 Å². The van der Waals surface area contributed by atoms with Crippen LogP contribution in [0.5, 0.6) is 11.5 Å². The molecule has 0 saturated heterocycles. The number of ether oxygens (including phenoxy) is 1. The van der Waals surface area contributed by atoms with Crippen molar-refractivity contribution in [2.45, 2.75) is 19.8 Å². The molecule has 2 rings (SSSR count). The molecule has 2 aromatic heterocycles. The van der Waals surface area contributed by atoms with Crippen molar-refractivity contribution >= 4 is 5.97 Å². The fraction of sp³-hybridized carbons (Fsp3) is 0.333. The SMILES string of the molecule is CC(C)c1ncc(Oc2cnn(C)c2)c(C(=O)O)n1. The lowest BCUT2D eigenvalue weighted by atomic mass is 10.2. The molecule has 0 amide bonds. The molecule has 0 aliphatic rings. The Morgan fingerprint density at radius 3 is 2.68 bits per heavy atom. The highest BCUT2D eigenvalue weighted by atomic mass is 16.5. The van der Waals surface area contributed by atoms with E-state index in [-0.39, 0.29) is 17.4 Å². The molecule has 0 aliphatic heterocycles. The molecule has 0 aliphatic carbocycles. The average molecular weight is 262 g/mol. The summed E-state index contributed by atoms with van der Waals surface area (Å²) >= 11 is 0. The minimum atomic E-state index is -1.15. The van der Waals surface area contributed by atoms with E-state index in [0.717, 1.165) is 0 Å². The maximum Gasteiger partial charge on any atom is 0.358 e. The van der Waals surface area contributed by atoms with E-state index >= 15 is 0 Å². The summed E-state index contributed by atoms with van der Waals surface area (Å²) in [6, 6.07) is 0. The molecule has 2 heterocycles. The summed E-state index contributed by atoms with van der Waals surface area (Å²) in [5.74, 6) is -0.0968. The van der Waals surface area contributed by atoms with Crippen molar-refractivity contribution in [3.8, 4) is 11.5 Å². The van der Waals surface area contributed by atoms with Gasteiger partial charge >= 0.3 is 5.97 Å². The molecule has 0 bridgehead atoms. The lowest BCUT2D eigenvalue weighted by Crippen LogP contribution is -2.08. The first-order valence-electron chi connectivity index (χ1n) is 5.74. The summed E-state index contributed by atoms with van der Waals surface area (Å²) in [4.78, 5) is 19.3. The van der Waals surface area contributed by atoms with E-state index < -0.39 is 5.97 Å². The van der Waals surface area contributed by atoms with Crippen molar-refractivity contribution < 1.29 is 14.6 Å². The van der Waals surface area contributed by atoms with E-state index in [0.29, 0.717) is 11.6 Å². The molecular formula is C12H14N4O3. The molecule has 0 saturated carbocycles. The predicted molar refractivity (Wildman–Crippen MR) is 66.4 cm³/mol. The Balaban J connectivity index is 2.36. The van der Waals surface area contributed by atoms with Crippen LogP contribution in [-0.2, 0) is 7.05 Å². The lowest BCUT2D eigenvalue weighted by Gasteiger charge is -2.08. The highest BCUT2D eigenvalue weighted by molar-refractivity contribution is 5.88. The van der Waals surface area contributed by atoms with Gasteiger partial charge in [-0.3, -0.25) is 4.68 Å². The molecule has 100 valence electrons. The third-order valence-corrected chi connectivity index (χ3v) is 2.40. The van der Waals surface area contributed by atoms with Crippen molar-refractivity contribution in [2.75, 3.05) is 0 Å². The largest absolute Gasteiger partial charge is 0.476 e. The smallest absolute Gasteiger partial charge is 0.358 e. The van der Waals surface area contributed by atoms with Crippen LogP contribution in [0.1, 0.15) is 36.1 Å². The summed E-state index contributed by atoms with van der Waals surface area (Å²) in [6.45, 7) is 3.78. The normalized spacial score (nSPS) is 10.7. The third kappa shape index (κ3) is 2.87. The minimum Gasteiger partial charge on any atom is -0.476 e. The Morgan fingerprint density at radius 2 is 2.16 bits per heavy atom. The zero-order valence-corrected chi connectivity index (χ0v) is 10.9. The van der Waals surface area contributed by atoms with Gasteiger partial charge in [-0.05, 0) is 0 Å². The molecule has 0 spiro atoms. The van der Waals surface area contributed by atoms with Gasteiger partial charge in [0.2, 0.25) is 0 Å². The molecule has 0 radical (unpaired) electrons. The highest BCUT2D eigenvalue weighted by Gasteiger charge is 2.17. The van der Waals surface area contributed by atoms with Crippen LogP contribution < -0.4 is 4.74 Å². The average Bonchev–Trinajstić information content (AvgIpc) is 2.74. The van der Waals surface area contributed by atoms with Crippen LogP contribution in [0.2, 0.25) is 0 Å². The topological polar surface area (TPSA) is 90.1 Å². The molecule has 2 aromatic rings. The molecule has 1 N–H and O–H groups in total. The molecule has 0 atom stereocenters. The zero-order valence-electron chi connectivity index (χ0n) is 10.9. The summed E-state index contributed by atoms with van der Waals surface area (Å²) in [5, 5.41) is 13.1. The first-order chi connectivity index (χ1) is 8.97. The monoisotopic (exact) mass is 262 g/mol. The number of carboxylic acid groups (broad SMARTS) is 1. The second-order valence-electron chi connectivity index (χ2n) is 4.35. The van der Waals surface area contributed by atoms with E-state index in [1.165, 1.54) is 12.4 Å². The zero-order chi connectivity index (χ0) is 14.0. The number of aromatic nitrogens is 4. The number of carbonyl (C=O) groups is 1. The molecule has 19 heavy (non-hydrogen) atoms. The van der Waals surface area contributed by atoms with Crippen LogP contribution in [0.15, 0.2) is 18.6 Å². The Labute approximate surface area is 109 Å². The van der Waals surface area contributed by atoms with Gasteiger partial charge in [0.15, 0.2) is 17.2 Å². The molecule has 7 heteroatoms. The van der Waals surface area contributed by atoms with Gasteiger partial charge in [0.05, 0.1) is 18.6 Å². The van der Waals surface area contributed by atoms with Crippen molar-refractivity contribution in [3.05, 3.63) is 30.1 Å². The van der Waals surface area contributed by atoms with Gasteiger partial charge in [-0.2, -0.15) is 5.10 Å². The maximum atomic E-state index is 11.2. The van der Waals surface area contributed by atoms with Gasteiger partial charge in [0.25, 0.3) is 0 Å². The fourth-order valence-corrected chi connectivity index (χ4v) is 1.47. The number of hydrogen-bond donors (Lipinski definition) is 1. The van der Waals surface area contributed by atoms with E-state index in [2.05, 4.69) is 15.1 Å². The van der Waals surface area contributed by atoms with E-state index in [1.807, 2.05) is 13.8 Å². The second kappa shape index (κ2) is 5.05. The minimum absolute atomic E-state index is 0.0468. The summed E-state index contributed by atoms with van der Waals surface area (Å²) in [7, 11) is 1.74. The van der Waals surface area contributed by atoms with E-state index in [9.17, 15) is 4.79 Å². The number of nitrogens with zero attached hydrogens (tertiary/aromatic N) is 4. The van der Waals surface area contributed by atoms with Crippen molar-refractivity contribution in [3.63, 3.8) is 0 Å². The number of rotatable bonds is 4. The van der Waals surface area contributed by atoms with Crippen molar-refractivity contribution in [1.82, 2.24) is 19.7 Å². The Hall–Kier alpha value is -2.44. The first kappa shape index (κ1) is 13.0. The first-order valence-corrected chi connectivity index (χ1v) is 5.74. The van der Waals surface area contributed by atoms with Crippen LogP contribution in [0.4, 0.5) is 0 Å². The van der Waals surface area contributed by atoms with Crippen LogP contribution in [0.25, 0.3) is 0 Å². The Bertz CT molecular complexity index is 607. The fourth-order valence-electron chi connectivity index (χ4n) is 1.47. The number of aryl methyl sites for hydroxylation is 1. The van der Waals surface area contributed by atoms with Gasteiger partial charge in [-0.1, -0.05) is 13.8 Å². The van der Waals surface area contributed by atoms with Gasteiger partial charge < -0.3 is 9.84 Å². The van der Waals surface area contributed by atoms with Crippen LogP contribution in [-0.4, -0.2) is 30.8 Å². The van der Waals surface area contributed by atoms with Crippen LogP contribution in [0.3, 0.4) is 0 Å². The molecule has 7 nitrogen and oxygen atoms in total. The maximum absolute atomic E-state index is 11.2. The molecule has 0 unspecified atom stereocenters. The molecule has 0 fully saturated rings. The second-order valence-corrected chi connectivity index (χ2v) is 4.35. The van der Waals surface area contributed by atoms with Gasteiger partial charge in [-0.15, -0.1) is 0 Å². The Morgan fingerprint density at radius 1 is 1.42 bits per heavy atom. The van der Waals surface area contributed by atoms with Crippen molar-refractivity contribution in [2.24, 2.45) is 7.05 Å². The quantitative estimate of drug-likeness (QED) is 0.903. The molecule has 0 aromatic carbocycles. The predicted octanol–water partition coefficient (Wildman–Crippen LogP) is 1.82. The summed E-state index contributed by atoms with van der Waals surface area (Å²) in [6.07, 6.45) is 4.49. The number of aromatic carboxylic acids is 1. The lowest BCUT2D eigenvalue weighted by molar-refractivity contribution is 0.0686. The third-order valence-electron chi connectivity index (χ3n) is 2.40. The Kier molecular flexibility index (Phi) is 3.46. The van der Waals surface area contributed by atoms with Gasteiger partial charge in [0, 0.05) is 13.0 Å². The van der Waals surface area contributed by atoms with Gasteiger partial charge in [-0.25, -0.2) is 14.8 Å². The number of carboxylic acids is 1. The highest BCUT2D eigenvalue weighted by Crippen LogP contribution is 2.24. The standard InChI is InChI=1S/C12H14N4O3/c1-7(2)11-13-5-9(10(15-11)12(17)18)19-8-4-14-16(3)6-8/h4-7H,1-3H3,(H,17,18). The summed E-state index contributed by atoms with van der Waals surface area (Å²) < 4.78 is 6.99. The summed E-state index contributed by atoms with van der Waals surface area (Å²) in [5.41, 5.74) is -0.150. The van der Waals surface area contributed by atoms with Crippen LogP contribution >= 0.6 is 0 Å².